The van der Waals surface area contributed by atoms with Crippen LogP contribution in [0.3, 0.4) is 0 Å². The molecule has 1 aliphatic heterocycles. The first kappa shape index (κ1) is 12.5. The fraction of sp³-hybridized carbons (Fsp3) is 0.273. The third kappa shape index (κ3) is 2.84. The first-order chi connectivity index (χ1) is 8.35. The van der Waals surface area contributed by atoms with Crippen LogP contribution in [0.5, 0.6) is 0 Å². The van der Waals surface area contributed by atoms with E-state index in [-0.39, 0.29) is 0 Å². The number of nitrogen functional groups attached to an aromatic ring is 1. The molecular weight excluding hydrogens is 252 g/mol. The van der Waals surface area contributed by atoms with E-state index in [9.17, 15) is 0 Å². The largest absolute Gasteiger partial charge is 0.397 e. The number of hydrogen-bond donors (Lipinski definition) is 4. The number of nitrogens with two attached hydrogens (primary N) is 2. The number of nitrogens with one attached hydrogen (secondary N) is 2. The molecule has 6 nitrogen and oxygen atoms in total. The van der Waals surface area contributed by atoms with Gasteiger partial charge in [0, 0.05) is 5.69 Å². The van der Waals surface area contributed by atoms with Crippen LogP contribution in [0.25, 0.3) is 0 Å². The lowest BCUT2D eigenvalue weighted by molar-refractivity contribution is 0.541. The average Bonchev–Trinajstić information content (AvgIpc) is 2.20. The van der Waals surface area contributed by atoms with Crippen molar-refractivity contribution >= 4 is 34.9 Å². The molecule has 96 valence electrons. The molecule has 0 saturated heterocycles. The lowest BCUT2D eigenvalue weighted by atomic mass is 10.2. The highest BCUT2D eigenvalue weighted by Gasteiger charge is 2.21. The molecule has 0 saturated carbocycles. The quantitative estimate of drug-likeness (QED) is 0.576. The SMILES string of the molecule is CC1(C)N=C(N)NC(Nc2ccc(Cl)c(N)c2)=N1. The van der Waals surface area contributed by atoms with Crippen molar-refractivity contribution in [2.75, 3.05) is 11.1 Å². The summed E-state index contributed by atoms with van der Waals surface area (Å²) in [6, 6.07) is 5.24. The third-order valence-electron chi connectivity index (χ3n) is 2.28. The highest BCUT2D eigenvalue weighted by Crippen LogP contribution is 2.22. The minimum atomic E-state index is -0.588. The van der Waals surface area contributed by atoms with Gasteiger partial charge in [-0.15, -0.1) is 0 Å². The Hall–Kier alpha value is -1.95. The van der Waals surface area contributed by atoms with Gasteiger partial charge in [0.1, 0.15) is 0 Å². The molecule has 0 fully saturated rings. The van der Waals surface area contributed by atoms with Crippen molar-refractivity contribution in [3.05, 3.63) is 23.2 Å². The molecule has 2 rings (SSSR count). The number of halogens is 1. The molecule has 0 aliphatic carbocycles. The van der Waals surface area contributed by atoms with E-state index in [4.69, 9.17) is 23.1 Å². The van der Waals surface area contributed by atoms with Crippen molar-refractivity contribution in [2.24, 2.45) is 15.7 Å². The van der Waals surface area contributed by atoms with Gasteiger partial charge in [-0.3, -0.25) is 5.32 Å². The maximum atomic E-state index is 5.85. The predicted molar refractivity (Wildman–Crippen MR) is 75.8 cm³/mol. The molecule has 7 heteroatoms. The van der Waals surface area contributed by atoms with Gasteiger partial charge >= 0.3 is 0 Å². The highest BCUT2D eigenvalue weighted by molar-refractivity contribution is 6.33. The summed E-state index contributed by atoms with van der Waals surface area (Å²) in [5, 5.41) is 6.44. The summed E-state index contributed by atoms with van der Waals surface area (Å²) in [5.74, 6) is 0.841. The second-order valence-electron chi connectivity index (χ2n) is 4.44. The monoisotopic (exact) mass is 266 g/mol. The van der Waals surface area contributed by atoms with Crippen LogP contribution < -0.4 is 22.1 Å². The minimum Gasteiger partial charge on any atom is -0.397 e. The van der Waals surface area contributed by atoms with Gasteiger partial charge in [0.25, 0.3) is 0 Å². The molecule has 18 heavy (non-hydrogen) atoms. The van der Waals surface area contributed by atoms with Crippen LogP contribution in [0.1, 0.15) is 13.8 Å². The zero-order valence-corrected chi connectivity index (χ0v) is 10.9. The Labute approximate surface area is 110 Å². The minimum absolute atomic E-state index is 0.319. The van der Waals surface area contributed by atoms with Crippen LogP contribution in [0.4, 0.5) is 11.4 Å². The van der Waals surface area contributed by atoms with Crippen molar-refractivity contribution in [3.63, 3.8) is 0 Å². The van der Waals surface area contributed by atoms with Crippen molar-refractivity contribution in [3.8, 4) is 0 Å². The summed E-state index contributed by atoms with van der Waals surface area (Å²) in [7, 11) is 0. The van der Waals surface area contributed by atoms with Crippen LogP contribution in [0, 0.1) is 0 Å². The molecular formula is C11H15ClN6. The summed E-state index contributed by atoms with van der Waals surface area (Å²) >= 11 is 5.85. The van der Waals surface area contributed by atoms with E-state index < -0.39 is 5.66 Å². The fourth-order valence-electron chi connectivity index (χ4n) is 1.59. The second kappa shape index (κ2) is 4.38. The molecule has 0 bridgehead atoms. The van der Waals surface area contributed by atoms with Crippen LogP contribution >= 0.6 is 11.6 Å². The molecule has 1 heterocycles. The maximum Gasteiger partial charge on any atom is 0.205 e. The third-order valence-corrected chi connectivity index (χ3v) is 2.63. The second-order valence-corrected chi connectivity index (χ2v) is 4.85. The van der Waals surface area contributed by atoms with E-state index in [1.165, 1.54) is 0 Å². The summed E-state index contributed by atoms with van der Waals surface area (Å²) in [4.78, 5) is 8.51. The highest BCUT2D eigenvalue weighted by atomic mass is 35.5. The maximum absolute atomic E-state index is 5.85. The van der Waals surface area contributed by atoms with Crippen molar-refractivity contribution in [1.29, 1.82) is 0 Å². The van der Waals surface area contributed by atoms with Crippen LogP contribution in [0.15, 0.2) is 28.2 Å². The molecule has 0 aromatic heterocycles. The van der Waals surface area contributed by atoms with E-state index in [0.29, 0.717) is 22.6 Å². The Morgan fingerprint density at radius 1 is 1.28 bits per heavy atom. The van der Waals surface area contributed by atoms with Crippen molar-refractivity contribution < 1.29 is 0 Å². The average molecular weight is 267 g/mol. The number of nitrogens with zero attached hydrogens (tertiary/aromatic N) is 2. The lowest BCUT2D eigenvalue weighted by Gasteiger charge is -2.24. The molecule has 0 unspecified atom stereocenters. The molecule has 6 N–H and O–H groups in total. The zero-order valence-electron chi connectivity index (χ0n) is 10.2. The van der Waals surface area contributed by atoms with E-state index in [0.717, 1.165) is 5.69 Å². The van der Waals surface area contributed by atoms with Gasteiger partial charge in [-0.2, -0.15) is 0 Å². The fourth-order valence-corrected chi connectivity index (χ4v) is 1.71. The zero-order chi connectivity index (χ0) is 13.3. The number of rotatable bonds is 1. The van der Waals surface area contributed by atoms with E-state index >= 15 is 0 Å². The molecule has 0 atom stereocenters. The Kier molecular flexibility index (Phi) is 3.04. The van der Waals surface area contributed by atoms with Gasteiger partial charge < -0.3 is 16.8 Å². The Morgan fingerprint density at radius 2 is 2.00 bits per heavy atom. The topological polar surface area (TPSA) is 101 Å². The van der Waals surface area contributed by atoms with Crippen LogP contribution in [-0.4, -0.2) is 17.6 Å². The Bertz CT molecular complexity index is 534. The van der Waals surface area contributed by atoms with E-state index in [1.807, 2.05) is 13.8 Å². The summed E-state index contributed by atoms with van der Waals surface area (Å²) in [5.41, 5.74) is 12.1. The Morgan fingerprint density at radius 3 is 2.61 bits per heavy atom. The Balaban J connectivity index is 2.19. The first-order valence-corrected chi connectivity index (χ1v) is 5.78. The molecule has 1 aromatic rings. The normalized spacial score (nSPS) is 17.5. The van der Waals surface area contributed by atoms with E-state index in [2.05, 4.69) is 20.6 Å². The van der Waals surface area contributed by atoms with Gasteiger partial charge in [0.15, 0.2) is 11.6 Å². The summed E-state index contributed by atoms with van der Waals surface area (Å²) in [6.07, 6.45) is 0. The predicted octanol–water partition coefficient (Wildman–Crippen LogP) is 1.34. The van der Waals surface area contributed by atoms with Gasteiger partial charge in [-0.1, -0.05) is 11.6 Å². The number of hydrogen-bond acceptors (Lipinski definition) is 6. The van der Waals surface area contributed by atoms with Gasteiger partial charge in [0.2, 0.25) is 5.96 Å². The molecule has 0 amide bonds. The molecule has 0 radical (unpaired) electrons. The van der Waals surface area contributed by atoms with Crippen molar-refractivity contribution in [1.82, 2.24) is 5.32 Å². The van der Waals surface area contributed by atoms with Gasteiger partial charge in [-0.05, 0) is 32.0 Å². The van der Waals surface area contributed by atoms with Gasteiger partial charge in [-0.25, -0.2) is 9.98 Å². The smallest absolute Gasteiger partial charge is 0.205 e. The molecule has 0 spiro atoms. The molecule has 1 aliphatic rings. The molecule has 1 aromatic carbocycles. The summed E-state index contributed by atoms with van der Waals surface area (Å²) in [6.45, 7) is 3.72. The summed E-state index contributed by atoms with van der Waals surface area (Å²) < 4.78 is 0. The number of anilines is 2. The number of aliphatic imine (C=N–C) groups is 2. The van der Waals surface area contributed by atoms with E-state index in [1.54, 1.807) is 18.2 Å². The lowest BCUT2D eigenvalue weighted by Crippen LogP contribution is -2.47. The van der Waals surface area contributed by atoms with Gasteiger partial charge in [0.05, 0.1) is 10.7 Å². The number of benzene rings is 1. The number of guanidine groups is 2. The standard InChI is InChI=1S/C11H15ClN6/c1-11(2)17-9(14)16-10(18-11)15-6-3-4-7(12)8(13)5-6/h3-5H,13H2,1-2H3,(H4,14,15,16,17,18). The van der Waals surface area contributed by atoms with Crippen LogP contribution in [-0.2, 0) is 0 Å². The van der Waals surface area contributed by atoms with Crippen molar-refractivity contribution in [2.45, 2.75) is 19.5 Å². The van der Waals surface area contributed by atoms with Crippen LogP contribution in [0.2, 0.25) is 5.02 Å². The first-order valence-electron chi connectivity index (χ1n) is 5.40.